The van der Waals surface area contributed by atoms with Crippen LogP contribution < -0.4 is 11.5 Å². The first-order valence-electron chi connectivity index (χ1n) is 3.27. The molecule has 0 fully saturated rings. The maximum Gasteiger partial charge on any atom is 0.107 e. The van der Waals surface area contributed by atoms with Crippen LogP contribution in [-0.2, 0) is 6.42 Å². The van der Waals surface area contributed by atoms with Gasteiger partial charge in [-0.05, 0) is 0 Å². The Hall–Kier alpha value is -0.870. The third-order valence-corrected chi connectivity index (χ3v) is 1.31. The van der Waals surface area contributed by atoms with Gasteiger partial charge in [0.25, 0.3) is 0 Å². The van der Waals surface area contributed by atoms with Gasteiger partial charge in [-0.15, -0.1) is 0 Å². The summed E-state index contributed by atoms with van der Waals surface area (Å²) in [6, 6.07) is 0.0196. The van der Waals surface area contributed by atoms with Gasteiger partial charge in [0.05, 0.1) is 0 Å². The topological polar surface area (TPSA) is 80.7 Å². The molecule has 0 aliphatic carbocycles. The molecule has 0 bridgehead atoms. The lowest BCUT2D eigenvalue weighted by molar-refractivity contribution is 0.658. The average molecular weight is 140 g/mol. The average Bonchev–Trinajstić information content (AvgIpc) is 2.40. The standard InChI is InChI=1S/C6H12N4/c7-4-5(8)3-6-9-1-2-10-6/h1-2,5H,3-4,7-8H2,(H,9,10). The number of nitrogens with one attached hydrogen (secondary N) is 1. The van der Waals surface area contributed by atoms with Gasteiger partial charge in [-0.25, -0.2) is 4.98 Å². The van der Waals surface area contributed by atoms with Crippen LogP contribution >= 0.6 is 0 Å². The molecule has 10 heavy (non-hydrogen) atoms. The molecule has 56 valence electrons. The highest BCUT2D eigenvalue weighted by atomic mass is 14.9. The van der Waals surface area contributed by atoms with Crippen molar-refractivity contribution in [3.63, 3.8) is 0 Å². The van der Waals surface area contributed by atoms with Crippen LogP contribution in [0.15, 0.2) is 12.4 Å². The quantitative estimate of drug-likeness (QED) is 0.516. The summed E-state index contributed by atoms with van der Waals surface area (Å²) in [5, 5.41) is 0. The van der Waals surface area contributed by atoms with Gasteiger partial charge in [0.1, 0.15) is 5.82 Å². The largest absolute Gasteiger partial charge is 0.349 e. The normalized spacial score (nSPS) is 13.4. The van der Waals surface area contributed by atoms with Crippen LogP contribution in [0.4, 0.5) is 0 Å². The second-order valence-electron chi connectivity index (χ2n) is 2.24. The first kappa shape index (κ1) is 7.24. The summed E-state index contributed by atoms with van der Waals surface area (Å²) in [6.45, 7) is 0.501. The summed E-state index contributed by atoms with van der Waals surface area (Å²) >= 11 is 0. The van der Waals surface area contributed by atoms with E-state index in [2.05, 4.69) is 9.97 Å². The van der Waals surface area contributed by atoms with E-state index < -0.39 is 0 Å². The number of aromatic amines is 1. The van der Waals surface area contributed by atoms with E-state index in [1.165, 1.54) is 0 Å². The third kappa shape index (κ3) is 1.82. The van der Waals surface area contributed by atoms with Crippen LogP contribution in [0.5, 0.6) is 0 Å². The molecule has 0 amide bonds. The SMILES string of the molecule is NCC(N)Cc1ncc[nH]1. The van der Waals surface area contributed by atoms with Crippen LogP contribution in [0.2, 0.25) is 0 Å². The van der Waals surface area contributed by atoms with E-state index >= 15 is 0 Å². The molecule has 0 aromatic carbocycles. The zero-order valence-corrected chi connectivity index (χ0v) is 5.75. The lowest BCUT2D eigenvalue weighted by Gasteiger charge is -2.04. The predicted molar refractivity (Wildman–Crippen MR) is 39.3 cm³/mol. The summed E-state index contributed by atoms with van der Waals surface area (Å²) < 4.78 is 0. The van der Waals surface area contributed by atoms with E-state index in [1.54, 1.807) is 12.4 Å². The smallest absolute Gasteiger partial charge is 0.107 e. The van der Waals surface area contributed by atoms with Gasteiger partial charge in [-0.1, -0.05) is 0 Å². The number of aromatic nitrogens is 2. The lowest BCUT2D eigenvalue weighted by atomic mass is 10.2. The molecule has 5 N–H and O–H groups in total. The summed E-state index contributed by atoms with van der Waals surface area (Å²) in [5.41, 5.74) is 10.9. The molecule has 0 saturated heterocycles. The summed E-state index contributed by atoms with van der Waals surface area (Å²) in [6.07, 6.45) is 4.21. The fourth-order valence-electron chi connectivity index (χ4n) is 0.741. The van der Waals surface area contributed by atoms with Crippen molar-refractivity contribution in [2.75, 3.05) is 6.54 Å². The van der Waals surface area contributed by atoms with E-state index in [-0.39, 0.29) is 6.04 Å². The maximum absolute atomic E-state index is 5.58. The number of H-pyrrole nitrogens is 1. The molecule has 0 saturated carbocycles. The lowest BCUT2D eigenvalue weighted by Crippen LogP contribution is -2.32. The van der Waals surface area contributed by atoms with Crippen LogP contribution in [0.25, 0.3) is 0 Å². The third-order valence-electron chi connectivity index (χ3n) is 1.31. The Balaban J connectivity index is 2.40. The molecular weight excluding hydrogens is 128 g/mol. The molecule has 1 atom stereocenters. The van der Waals surface area contributed by atoms with Crippen molar-refractivity contribution in [1.82, 2.24) is 9.97 Å². The number of nitrogens with two attached hydrogens (primary N) is 2. The van der Waals surface area contributed by atoms with Gasteiger partial charge in [0.2, 0.25) is 0 Å². The van der Waals surface area contributed by atoms with E-state index in [9.17, 15) is 0 Å². The molecular formula is C6H12N4. The van der Waals surface area contributed by atoms with Crippen molar-refractivity contribution >= 4 is 0 Å². The Morgan fingerprint density at radius 3 is 3.00 bits per heavy atom. The van der Waals surface area contributed by atoms with Crippen LogP contribution in [-0.4, -0.2) is 22.6 Å². The van der Waals surface area contributed by atoms with Crippen molar-refractivity contribution in [2.45, 2.75) is 12.5 Å². The Kier molecular flexibility index (Phi) is 2.42. The number of imidazole rings is 1. The van der Waals surface area contributed by atoms with Crippen molar-refractivity contribution < 1.29 is 0 Å². The molecule has 0 radical (unpaired) electrons. The second kappa shape index (κ2) is 3.34. The molecule has 4 nitrogen and oxygen atoms in total. The minimum Gasteiger partial charge on any atom is -0.349 e. The molecule has 1 rings (SSSR count). The van der Waals surface area contributed by atoms with Gasteiger partial charge >= 0.3 is 0 Å². The second-order valence-corrected chi connectivity index (χ2v) is 2.24. The molecule has 0 spiro atoms. The Morgan fingerprint density at radius 2 is 2.50 bits per heavy atom. The monoisotopic (exact) mass is 140 g/mol. The zero-order chi connectivity index (χ0) is 7.40. The van der Waals surface area contributed by atoms with Gasteiger partial charge in [-0.3, -0.25) is 0 Å². The number of hydrogen-bond acceptors (Lipinski definition) is 3. The highest BCUT2D eigenvalue weighted by molar-refractivity contribution is 4.90. The van der Waals surface area contributed by atoms with Crippen LogP contribution in [0.1, 0.15) is 5.82 Å². The Labute approximate surface area is 59.6 Å². The Morgan fingerprint density at radius 1 is 1.70 bits per heavy atom. The van der Waals surface area contributed by atoms with Crippen molar-refractivity contribution in [1.29, 1.82) is 0 Å². The number of hydrogen-bond donors (Lipinski definition) is 3. The summed E-state index contributed by atoms with van der Waals surface area (Å²) in [7, 11) is 0. The van der Waals surface area contributed by atoms with Crippen molar-refractivity contribution in [3.8, 4) is 0 Å². The van der Waals surface area contributed by atoms with Crippen molar-refractivity contribution in [3.05, 3.63) is 18.2 Å². The minimum absolute atomic E-state index is 0.0196. The first-order chi connectivity index (χ1) is 4.83. The Bertz CT molecular complexity index is 170. The maximum atomic E-state index is 5.58. The van der Waals surface area contributed by atoms with Crippen molar-refractivity contribution in [2.24, 2.45) is 11.5 Å². The van der Waals surface area contributed by atoms with E-state index in [0.717, 1.165) is 12.2 Å². The van der Waals surface area contributed by atoms with Gasteiger partial charge < -0.3 is 16.5 Å². The van der Waals surface area contributed by atoms with Gasteiger partial charge in [0.15, 0.2) is 0 Å². The number of nitrogens with zero attached hydrogens (tertiary/aromatic N) is 1. The molecule has 4 heteroatoms. The summed E-state index contributed by atoms with van der Waals surface area (Å²) in [5.74, 6) is 0.901. The molecule has 1 aromatic heterocycles. The highest BCUT2D eigenvalue weighted by Gasteiger charge is 2.01. The van der Waals surface area contributed by atoms with Gasteiger partial charge in [0, 0.05) is 31.4 Å². The minimum atomic E-state index is 0.0196. The first-order valence-corrected chi connectivity index (χ1v) is 3.27. The zero-order valence-electron chi connectivity index (χ0n) is 5.75. The van der Waals surface area contributed by atoms with E-state index in [1.807, 2.05) is 0 Å². The molecule has 1 heterocycles. The fraction of sp³-hybridized carbons (Fsp3) is 0.500. The summed E-state index contributed by atoms with van der Waals surface area (Å²) in [4.78, 5) is 6.97. The highest BCUT2D eigenvalue weighted by Crippen LogP contribution is 1.91. The van der Waals surface area contributed by atoms with Crippen LogP contribution in [0, 0.1) is 0 Å². The molecule has 1 unspecified atom stereocenters. The predicted octanol–water partition coefficient (Wildman–Crippen LogP) is -0.762. The fourth-order valence-corrected chi connectivity index (χ4v) is 0.741. The van der Waals surface area contributed by atoms with Crippen LogP contribution in [0.3, 0.4) is 0 Å². The molecule has 1 aromatic rings. The van der Waals surface area contributed by atoms with E-state index in [4.69, 9.17) is 11.5 Å². The molecule has 0 aliphatic rings. The van der Waals surface area contributed by atoms with Gasteiger partial charge in [-0.2, -0.15) is 0 Å². The molecule has 0 aliphatic heterocycles. The number of rotatable bonds is 3. The van der Waals surface area contributed by atoms with E-state index in [0.29, 0.717) is 6.54 Å².